The van der Waals surface area contributed by atoms with E-state index in [4.69, 9.17) is 11.6 Å². The molecule has 0 saturated heterocycles. The van der Waals surface area contributed by atoms with Crippen LogP contribution in [0.25, 0.3) is 60.4 Å². The van der Waals surface area contributed by atoms with Crippen molar-refractivity contribution in [1.29, 1.82) is 0 Å². The minimum absolute atomic E-state index is 0.762. The van der Waals surface area contributed by atoms with Crippen molar-refractivity contribution >= 4 is 55.2 Å². The zero-order valence-electron chi connectivity index (χ0n) is 17.7. The van der Waals surface area contributed by atoms with E-state index in [9.17, 15) is 0 Å². The molecule has 7 rings (SSSR count). The van der Waals surface area contributed by atoms with Gasteiger partial charge in [-0.15, -0.1) is 0 Å². The summed E-state index contributed by atoms with van der Waals surface area (Å²) in [6.45, 7) is 0. The van der Waals surface area contributed by atoms with Crippen molar-refractivity contribution in [2.24, 2.45) is 0 Å². The van der Waals surface area contributed by atoms with E-state index >= 15 is 0 Å². The van der Waals surface area contributed by atoms with Gasteiger partial charge in [0.15, 0.2) is 0 Å². The maximum absolute atomic E-state index is 6.66. The number of benzene rings is 5. The van der Waals surface area contributed by atoms with Gasteiger partial charge in [-0.25, -0.2) is 0 Å². The highest BCUT2D eigenvalue weighted by Gasteiger charge is 2.19. The second-order valence-corrected chi connectivity index (χ2v) is 8.81. The Morgan fingerprint density at radius 3 is 2.12 bits per heavy atom. The van der Waals surface area contributed by atoms with Crippen LogP contribution in [-0.4, -0.2) is 9.55 Å². The molecule has 0 saturated carbocycles. The SMILES string of the molecule is Clc1ccccc1-c1cccc2[nH]c3ccc4c(c5ccccc5n4-c4ccccc4)c3c12. The van der Waals surface area contributed by atoms with Crippen molar-refractivity contribution < 1.29 is 0 Å². The minimum atomic E-state index is 0.762. The van der Waals surface area contributed by atoms with Gasteiger partial charge in [-0.3, -0.25) is 0 Å². The Morgan fingerprint density at radius 1 is 0.515 bits per heavy atom. The number of hydrogen-bond acceptors (Lipinski definition) is 0. The molecule has 0 aliphatic rings. The molecule has 5 aromatic carbocycles. The first kappa shape index (κ1) is 18.6. The van der Waals surface area contributed by atoms with Gasteiger partial charge in [-0.1, -0.05) is 78.3 Å². The highest BCUT2D eigenvalue weighted by Crippen LogP contribution is 2.43. The maximum Gasteiger partial charge on any atom is 0.0548 e. The van der Waals surface area contributed by atoms with Crippen LogP contribution in [0.15, 0.2) is 109 Å². The number of hydrogen-bond donors (Lipinski definition) is 1. The van der Waals surface area contributed by atoms with Gasteiger partial charge in [0, 0.05) is 48.9 Å². The molecule has 0 fully saturated rings. The molecule has 0 radical (unpaired) electrons. The van der Waals surface area contributed by atoms with E-state index in [2.05, 4.69) is 101 Å². The number of halogens is 1. The Hall–Kier alpha value is -4.01. The average Bonchev–Trinajstić information content (AvgIpc) is 3.40. The lowest BCUT2D eigenvalue weighted by molar-refractivity contribution is 1.18. The second-order valence-electron chi connectivity index (χ2n) is 8.40. The molecule has 0 unspecified atom stereocenters. The van der Waals surface area contributed by atoms with E-state index < -0.39 is 0 Å². The molecular weight excluding hydrogens is 424 g/mol. The molecule has 0 aliphatic carbocycles. The second kappa shape index (κ2) is 6.99. The summed E-state index contributed by atoms with van der Waals surface area (Å²) < 4.78 is 2.36. The quantitative estimate of drug-likeness (QED) is 0.276. The van der Waals surface area contributed by atoms with Gasteiger partial charge in [0.2, 0.25) is 0 Å². The van der Waals surface area contributed by atoms with Crippen LogP contribution >= 0.6 is 11.6 Å². The van der Waals surface area contributed by atoms with E-state index in [1.165, 1.54) is 32.6 Å². The van der Waals surface area contributed by atoms with Gasteiger partial charge in [0.1, 0.15) is 0 Å². The molecule has 7 aromatic rings. The molecule has 1 N–H and O–H groups in total. The summed E-state index contributed by atoms with van der Waals surface area (Å²) in [4.78, 5) is 3.66. The molecule has 0 atom stereocenters. The first-order chi connectivity index (χ1) is 16.3. The van der Waals surface area contributed by atoms with Gasteiger partial charge < -0.3 is 9.55 Å². The monoisotopic (exact) mass is 442 g/mol. The zero-order chi connectivity index (χ0) is 21.9. The molecule has 156 valence electrons. The molecular formula is C30H19ClN2. The maximum atomic E-state index is 6.66. The molecule has 0 bridgehead atoms. The van der Waals surface area contributed by atoms with Crippen molar-refractivity contribution in [2.45, 2.75) is 0 Å². The highest BCUT2D eigenvalue weighted by molar-refractivity contribution is 6.35. The summed E-state index contributed by atoms with van der Waals surface area (Å²) in [6, 6.07) is 38.2. The minimum Gasteiger partial charge on any atom is -0.354 e. The van der Waals surface area contributed by atoms with Gasteiger partial charge in [-0.05, 0) is 48.0 Å². The fourth-order valence-corrected chi connectivity index (χ4v) is 5.49. The van der Waals surface area contributed by atoms with Crippen LogP contribution in [0.5, 0.6) is 0 Å². The summed E-state index contributed by atoms with van der Waals surface area (Å²) >= 11 is 6.66. The zero-order valence-corrected chi connectivity index (χ0v) is 18.5. The number of nitrogens with one attached hydrogen (secondary N) is 1. The topological polar surface area (TPSA) is 20.7 Å². The van der Waals surface area contributed by atoms with E-state index in [1.54, 1.807) is 0 Å². The predicted octanol–water partition coefficient (Wildman–Crippen LogP) is 8.74. The Balaban J connectivity index is 1.72. The molecule has 0 amide bonds. The predicted molar refractivity (Wildman–Crippen MR) is 141 cm³/mol. The van der Waals surface area contributed by atoms with Gasteiger partial charge in [0.05, 0.1) is 11.0 Å². The number of aromatic amines is 1. The number of para-hydroxylation sites is 2. The average molecular weight is 443 g/mol. The van der Waals surface area contributed by atoms with Crippen molar-refractivity contribution in [3.8, 4) is 16.8 Å². The smallest absolute Gasteiger partial charge is 0.0548 e. The van der Waals surface area contributed by atoms with Crippen molar-refractivity contribution in [1.82, 2.24) is 9.55 Å². The van der Waals surface area contributed by atoms with Crippen molar-refractivity contribution in [2.75, 3.05) is 0 Å². The first-order valence-corrected chi connectivity index (χ1v) is 11.5. The van der Waals surface area contributed by atoms with Crippen LogP contribution in [0.4, 0.5) is 0 Å². The van der Waals surface area contributed by atoms with Crippen LogP contribution in [0.1, 0.15) is 0 Å². The largest absolute Gasteiger partial charge is 0.354 e. The fourth-order valence-electron chi connectivity index (χ4n) is 5.25. The van der Waals surface area contributed by atoms with E-state index in [0.29, 0.717) is 0 Å². The van der Waals surface area contributed by atoms with Crippen molar-refractivity contribution in [3.05, 3.63) is 114 Å². The van der Waals surface area contributed by atoms with Crippen LogP contribution < -0.4 is 0 Å². The lowest BCUT2D eigenvalue weighted by Crippen LogP contribution is -1.92. The Morgan fingerprint density at radius 2 is 1.24 bits per heavy atom. The van der Waals surface area contributed by atoms with Crippen LogP contribution in [0.3, 0.4) is 0 Å². The van der Waals surface area contributed by atoms with E-state index in [-0.39, 0.29) is 0 Å². The standard InChI is InChI=1S/C30H19ClN2/c31-23-14-6-4-11-20(23)21-13-8-15-24-28(21)30-25(32-24)17-18-27-29(30)22-12-5-7-16-26(22)33(27)19-9-2-1-3-10-19/h1-18,32H. The van der Waals surface area contributed by atoms with E-state index in [1.807, 2.05) is 18.2 Å². The van der Waals surface area contributed by atoms with Crippen LogP contribution in [0.2, 0.25) is 5.02 Å². The molecule has 0 spiro atoms. The van der Waals surface area contributed by atoms with Gasteiger partial charge in [0.25, 0.3) is 0 Å². The lowest BCUT2D eigenvalue weighted by atomic mass is 9.97. The number of aromatic nitrogens is 2. The summed E-state index contributed by atoms with van der Waals surface area (Å²) in [6.07, 6.45) is 0. The molecule has 33 heavy (non-hydrogen) atoms. The third-order valence-corrected chi connectivity index (χ3v) is 6.93. The Bertz CT molecular complexity index is 1820. The Labute approximate surface area is 195 Å². The van der Waals surface area contributed by atoms with Gasteiger partial charge in [-0.2, -0.15) is 0 Å². The van der Waals surface area contributed by atoms with Crippen molar-refractivity contribution in [3.63, 3.8) is 0 Å². The summed E-state index contributed by atoms with van der Waals surface area (Å²) in [7, 11) is 0. The van der Waals surface area contributed by atoms with Crippen LogP contribution in [0, 0.1) is 0 Å². The summed E-state index contributed by atoms with van der Waals surface area (Å²) in [5, 5.41) is 5.72. The van der Waals surface area contributed by atoms with Gasteiger partial charge >= 0.3 is 0 Å². The molecule has 2 heterocycles. The summed E-state index contributed by atoms with van der Waals surface area (Å²) in [5.41, 5.74) is 8.01. The Kier molecular flexibility index (Phi) is 3.93. The molecule has 3 heteroatoms. The number of nitrogens with zero attached hydrogens (tertiary/aromatic N) is 1. The number of rotatable bonds is 2. The third-order valence-electron chi connectivity index (χ3n) is 6.60. The molecule has 2 nitrogen and oxygen atoms in total. The summed E-state index contributed by atoms with van der Waals surface area (Å²) in [5.74, 6) is 0. The normalized spacial score (nSPS) is 11.8. The van der Waals surface area contributed by atoms with E-state index in [0.717, 1.165) is 32.9 Å². The third kappa shape index (κ3) is 2.62. The highest BCUT2D eigenvalue weighted by atomic mass is 35.5. The lowest BCUT2D eigenvalue weighted by Gasteiger charge is -2.08. The van der Waals surface area contributed by atoms with Crippen LogP contribution in [-0.2, 0) is 0 Å². The molecule has 0 aliphatic heterocycles. The molecule has 2 aromatic heterocycles. The number of H-pyrrole nitrogens is 1. The first-order valence-electron chi connectivity index (χ1n) is 11.1. The number of fused-ring (bicyclic) bond motifs is 7. The fraction of sp³-hybridized carbons (Fsp3) is 0.